The number of esters is 1. The molecule has 3 amide bonds. The van der Waals surface area contributed by atoms with E-state index >= 15 is 0 Å². The van der Waals surface area contributed by atoms with E-state index in [1.54, 1.807) is 32.2 Å². The zero-order valence-electron chi connectivity index (χ0n) is 21.7. The minimum Gasteiger partial charge on any atom is -0.463 e. The van der Waals surface area contributed by atoms with Gasteiger partial charge in [0.2, 0.25) is 0 Å². The molecule has 0 aromatic heterocycles. The van der Waals surface area contributed by atoms with E-state index in [9.17, 15) is 14.4 Å². The molecule has 0 saturated carbocycles. The van der Waals surface area contributed by atoms with Crippen LogP contribution in [-0.2, 0) is 9.53 Å². The van der Waals surface area contributed by atoms with Crippen LogP contribution in [-0.4, -0.2) is 78.5 Å². The quantitative estimate of drug-likeness (QED) is 0.577. The summed E-state index contributed by atoms with van der Waals surface area (Å²) in [4.78, 5) is 44.8. The van der Waals surface area contributed by atoms with Crippen LogP contribution < -0.4 is 5.32 Å². The van der Waals surface area contributed by atoms with E-state index in [-0.39, 0.29) is 24.6 Å². The number of piperazine rings is 1. The number of ether oxygens (including phenoxy) is 1. The summed E-state index contributed by atoms with van der Waals surface area (Å²) in [6, 6.07) is 13.7. The Morgan fingerprint density at radius 2 is 1.86 bits per heavy atom. The molecule has 0 aliphatic carbocycles. The SMILES string of the molecule is CCOC(=O)C1=C(CN2CCN(C(=O)c3ccc(C)cc3)[C@H](C)C2)N(C)C(=O)N[C@H]1c1cccc(Cl)c1. The maximum Gasteiger partial charge on any atom is 0.338 e. The van der Waals surface area contributed by atoms with Crippen molar-refractivity contribution in [1.29, 1.82) is 0 Å². The van der Waals surface area contributed by atoms with Crippen molar-refractivity contribution in [3.63, 3.8) is 0 Å². The van der Waals surface area contributed by atoms with Gasteiger partial charge in [0, 0.05) is 55.6 Å². The van der Waals surface area contributed by atoms with Gasteiger partial charge in [0.05, 0.1) is 18.2 Å². The number of benzene rings is 2. The number of nitrogens with zero attached hydrogens (tertiary/aromatic N) is 3. The fourth-order valence-electron chi connectivity index (χ4n) is 4.89. The fourth-order valence-corrected chi connectivity index (χ4v) is 5.09. The van der Waals surface area contributed by atoms with Gasteiger partial charge in [-0.3, -0.25) is 14.6 Å². The van der Waals surface area contributed by atoms with Gasteiger partial charge in [-0.25, -0.2) is 9.59 Å². The molecular weight excluding hydrogens is 492 g/mol. The number of carbonyl (C=O) groups excluding carboxylic acids is 3. The number of amides is 3. The van der Waals surface area contributed by atoms with E-state index < -0.39 is 12.0 Å². The summed E-state index contributed by atoms with van der Waals surface area (Å²) in [6.07, 6.45) is 0. The predicted molar refractivity (Wildman–Crippen MR) is 142 cm³/mol. The van der Waals surface area contributed by atoms with Crippen molar-refractivity contribution >= 4 is 29.5 Å². The standard InChI is InChI=1S/C28H33ClN4O4/c1-5-37-27(35)24-23(31(4)28(36)30-25(24)21-7-6-8-22(29)15-21)17-32-13-14-33(19(3)16-32)26(34)20-11-9-18(2)10-12-20/h6-12,15,19,25H,5,13-14,16-17H2,1-4H3,(H,30,36)/t19-,25+/m1/s1. The molecule has 0 unspecified atom stereocenters. The molecule has 0 spiro atoms. The molecule has 2 atom stereocenters. The summed E-state index contributed by atoms with van der Waals surface area (Å²) in [7, 11) is 1.65. The largest absolute Gasteiger partial charge is 0.463 e. The van der Waals surface area contributed by atoms with Gasteiger partial charge < -0.3 is 15.0 Å². The molecule has 4 rings (SSSR count). The molecule has 2 heterocycles. The molecule has 9 heteroatoms. The maximum absolute atomic E-state index is 13.2. The van der Waals surface area contributed by atoms with Crippen LogP contribution in [0, 0.1) is 6.92 Å². The second kappa shape index (κ2) is 11.4. The Bertz CT molecular complexity index is 1210. The molecule has 0 radical (unpaired) electrons. The Balaban J connectivity index is 1.59. The van der Waals surface area contributed by atoms with Gasteiger partial charge in [-0.15, -0.1) is 0 Å². The Kier molecular flexibility index (Phi) is 8.19. The Hall–Kier alpha value is -3.36. The molecule has 196 valence electrons. The van der Waals surface area contributed by atoms with Crippen molar-refractivity contribution in [1.82, 2.24) is 20.0 Å². The molecule has 2 aliphatic heterocycles. The molecular formula is C28H33ClN4O4. The summed E-state index contributed by atoms with van der Waals surface area (Å²) in [5.74, 6) is -0.468. The summed E-state index contributed by atoms with van der Waals surface area (Å²) in [5.41, 5.74) is 3.45. The molecule has 2 aromatic rings. The lowest BCUT2D eigenvalue weighted by Gasteiger charge is -2.42. The minimum atomic E-state index is -0.682. The van der Waals surface area contributed by atoms with Crippen LogP contribution in [0.5, 0.6) is 0 Å². The highest BCUT2D eigenvalue weighted by Crippen LogP contribution is 2.33. The van der Waals surface area contributed by atoms with Crippen molar-refractivity contribution in [2.45, 2.75) is 32.9 Å². The van der Waals surface area contributed by atoms with Crippen molar-refractivity contribution < 1.29 is 19.1 Å². The zero-order chi connectivity index (χ0) is 26.7. The van der Waals surface area contributed by atoms with E-state index in [1.165, 1.54) is 4.90 Å². The summed E-state index contributed by atoms with van der Waals surface area (Å²) < 4.78 is 5.41. The molecule has 2 aliphatic rings. The molecule has 0 bridgehead atoms. The van der Waals surface area contributed by atoms with Gasteiger partial charge in [-0.1, -0.05) is 41.4 Å². The average Bonchev–Trinajstić information content (AvgIpc) is 2.87. The number of urea groups is 1. The van der Waals surface area contributed by atoms with Crippen molar-refractivity contribution in [3.05, 3.63) is 81.5 Å². The number of hydrogen-bond donors (Lipinski definition) is 1. The highest BCUT2D eigenvalue weighted by atomic mass is 35.5. The lowest BCUT2D eigenvalue weighted by atomic mass is 9.94. The van der Waals surface area contributed by atoms with Crippen LogP contribution in [0.4, 0.5) is 4.79 Å². The Labute approximate surface area is 222 Å². The Morgan fingerprint density at radius 3 is 2.51 bits per heavy atom. The second-order valence-corrected chi connectivity index (χ2v) is 9.96. The smallest absolute Gasteiger partial charge is 0.338 e. The fraction of sp³-hybridized carbons (Fsp3) is 0.393. The number of hydrogen-bond acceptors (Lipinski definition) is 5. The first-order valence-corrected chi connectivity index (χ1v) is 12.9. The first-order chi connectivity index (χ1) is 17.7. The molecule has 1 fully saturated rings. The lowest BCUT2D eigenvalue weighted by Crippen LogP contribution is -2.56. The monoisotopic (exact) mass is 524 g/mol. The van der Waals surface area contributed by atoms with E-state index in [0.717, 1.165) is 5.56 Å². The first-order valence-electron chi connectivity index (χ1n) is 12.5. The summed E-state index contributed by atoms with van der Waals surface area (Å²) in [6.45, 7) is 8.11. The minimum absolute atomic E-state index is 0.00811. The van der Waals surface area contributed by atoms with Crippen molar-refractivity contribution in [2.24, 2.45) is 0 Å². The highest BCUT2D eigenvalue weighted by Gasteiger charge is 2.38. The van der Waals surface area contributed by atoms with Gasteiger partial charge in [-0.2, -0.15) is 0 Å². The van der Waals surface area contributed by atoms with Crippen LogP contribution in [0.3, 0.4) is 0 Å². The lowest BCUT2D eigenvalue weighted by molar-refractivity contribution is -0.139. The van der Waals surface area contributed by atoms with E-state index in [4.69, 9.17) is 16.3 Å². The van der Waals surface area contributed by atoms with Crippen LogP contribution >= 0.6 is 11.6 Å². The van der Waals surface area contributed by atoms with Crippen molar-refractivity contribution in [3.8, 4) is 0 Å². The van der Waals surface area contributed by atoms with Gasteiger partial charge in [0.25, 0.3) is 5.91 Å². The second-order valence-electron chi connectivity index (χ2n) is 9.53. The van der Waals surface area contributed by atoms with Crippen molar-refractivity contribution in [2.75, 3.05) is 39.8 Å². The predicted octanol–water partition coefficient (Wildman–Crippen LogP) is 4.01. The average molecular weight is 525 g/mol. The number of rotatable bonds is 6. The molecule has 2 aromatic carbocycles. The third-order valence-corrected chi connectivity index (χ3v) is 7.13. The molecule has 8 nitrogen and oxygen atoms in total. The number of aryl methyl sites for hydroxylation is 1. The van der Waals surface area contributed by atoms with Gasteiger partial charge >= 0.3 is 12.0 Å². The number of carbonyl (C=O) groups is 3. The first kappa shape index (κ1) is 26.7. The Morgan fingerprint density at radius 1 is 1.14 bits per heavy atom. The van der Waals surface area contributed by atoms with Crippen LogP contribution in [0.1, 0.15) is 41.4 Å². The van der Waals surface area contributed by atoms with Crippen LogP contribution in [0.25, 0.3) is 0 Å². The summed E-state index contributed by atoms with van der Waals surface area (Å²) in [5, 5.41) is 3.43. The zero-order valence-corrected chi connectivity index (χ0v) is 22.4. The molecule has 1 saturated heterocycles. The van der Waals surface area contributed by atoms with Crippen LogP contribution in [0.15, 0.2) is 59.8 Å². The third-order valence-electron chi connectivity index (χ3n) is 6.90. The van der Waals surface area contributed by atoms with Crippen LogP contribution in [0.2, 0.25) is 5.02 Å². The van der Waals surface area contributed by atoms with Gasteiger partial charge in [0.15, 0.2) is 0 Å². The van der Waals surface area contributed by atoms with E-state index in [2.05, 4.69) is 10.2 Å². The number of nitrogens with one attached hydrogen (secondary N) is 1. The van der Waals surface area contributed by atoms with E-state index in [1.807, 2.05) is 49.1 Å². The summed E-state index contributed by atoms with van der Waals surface area (Å²) >= 11 is 6.22. The molecule has 37 heavy (non-hydrogen) atoms. The molecule has 1 N–H and O–H groups in total. The number of halogens is 1. The number of likely N-dealkylation sites (N-methyl/N-ethyl adjacent to an activating group) is 1. The highest BCUT2D eigenvalue weighted by molar-refractivity contribution is 6.30. The third kappa shape index (κ3) is 5.81. The normalized spacial score (nSPS) is 20.6. The van der Waals surface area contributed by atoms with Gasteiger partial charge in [-0.05, 0) is 50.6 Å². The topological polar surface area (TPSA) is 82.2 Å². The maximum atomic E-state index is 13.2. The van der Waals surface area contributed by atoms with Gasteiger partial charge in [0.1, 0.15) is 0 Å². The van der Waals surface area contributed by atoms with E-state index in [0.29, 0.717) is 53.6 Å².